The van der Waals surface area contributed by atoms with Gasteiger partial charge in [-0.3, -0.25) is 4.79 Å². The number of carbonyl (C=O) groups is 1. The summed E-state index contributed by atoms with van der Waals surface area (Å²) in [5.41, 5.74) is 1.11. The van der Waals surface area contributed by atoms with Crippen molar-refractivity contribution in [2.24, 2.45) is 5.41 Å². The van der Waals surface area contributed by atoms with E-state index in [-0.39, 0.29) is 5.91 Å². The number of nitrogens with one attached hydrogen (secondary N) is 1. The third kappa shape index (κ3) is 2.34. The molecule has 1 aliphatic rings. The first-order chi connectivity index (χ1) is 8.11. The molecule has 1 fully saturated rings. The van der Waals surface area contributed by atoms with E-state index in [2.05, 4.69) is 27.3 Å². The predicted molar refractivity (Wildman–Crippen MR) is 69.4 cm³/mol. The van der Waals surface area contributed by atoms with Gasteiger partial charge in [-0.05, 0) is 43.0 Å². The van der Waals surface area contributed by atoms with Gasteiger partial charge in [-0.25, -0.2) is 0 Å². The lowest BCUT2D eigenvalue weighted by Crippen LogP contribution is -2.23. The molecule has 0 bridgehead atoms. The second-order valence-electron chi connectivity index (χ2n) is 4.30. The summed E-state index contributed by atoms with van der Waals surface area (Å²) in [5, 5.41) is 11.8. The SMILES string of the molecule is CCc1cc(Br)ccc1NC(=O)C1(C#N)CC1. The van der Waals surface area contributed by atoms with E-state index in [4.69, 9.17) is 5.26 Å². The van der Waals surface area contributed by atoms with Crippen molar-refractivity contribution in [3.8, 4) is 6.07 Å². The van der Waals surface area contributed by atoms with E-state index in [1.54, 1.807) is 0 Å². The van der Waals surface area contributed by atoms with Crippen LogP contribution in [0.25, 0.3) is 0 Å². The number of carbonyl (C=O) groups excluding carboxylic acids is 1. The molecule has 1 N–H and O–H groups in total. The van der Waals surface area contributed by atoms with Crippen LogP contribution in [0, 0.1) is 16.7 Å². The summed E-state index contributed by atoms with van der Waals surface area (Å²) in [6.07, 6.45) is 2.19. The third-order valence-corrected chi connectivity index (χ3v) is 3.59. The minimum atomic E-state index is -0.766. The second-order valence-corrected chi connectivity index (χ2v) is 5.22. The topological polar surface area (TPSA) is 52.9 Å². The molecule has 3 nitrogen and oxygen atoms in total. The van der Waals surface area contributed by atoms with E-state index >= 15 is 0 Å². The van der Waals surface area contributed by atoms with Crippen molar-refractivity contribution < 1.29 is 4.79 Å². The molecule has 1 aromatic rings. The van der Waals surface area contributed by atoms with Gasteiger partial charge in [-0.1, -0.05) is 22.9 Å². The molecule has 0 unspecified atom stereocenters. The number of nitriles is 1. The van der Waals surface area contributed by atoms with Gasteiger partial charge in [-0.15, -0.1) is 0 Å². The first kappa shape index (κ1) is 12.1. The molecule has 1 amide bonds. The fourth-order valence-corrected chi connectivity index (χ4v) is 2.14. The number of amides is 1. The smallest absolute Gasteiger partial charge is 0.244 e. The first-order valence-electron chi connectivity index (χ1n) is 5.62. The first-order valence-corrected chi connectivity index (χ1v) is 6.42. The van der Waals surface area contributed by atoms with E-state index in [0.717, 1.165) is 22.1 Å². The Hall–Kier alpha value is -1.34. The van der Waals surface area contributed by atoms with Gasteiger partial charge in [-0.2, -0.15) is 5.26 Å². The zero-order valence-corrected chi connectivity index (χ0v) is 11.2. The van der Waals surface area contributed by atoms with E-state index in [1.807, 2.05) is 25.1 Å². The standard InChI is InChI=1S/C13H13BrN2O/c1-2-9-7-10(14)3-4-11(9)16-12(17)13(8-15)5-6-13/h3-4,7H,2,5-6H2,1H3,(H,16,17). The number of hydrogen-bond acceptors (Lipinski definition) is 2. The summed E-state index contributed by atoms with van der Waals surface area (Å²) in [6.45, 7) is 2.04. The van der Waals surface area contributed by atoms with Crippen LogP contribution in [-0.2, 0) is 11.2 Å². The van der Waals surface area contributed by atoms with Gasteiger partial charge >= 0.3 is 0 Å². The number of benzene rings is 1. The van der Waals surface area contributed by atoms with E-state index in [0.29, 0.717) is 12.8 Å². The maximum atomic E-state index is 11.9. The number of anilines is 1. The normalized spacial score (nSPS) is 16.1. The van der Waals surface area contributed by atoms with Gasteiger partial charge in [0.05, 0.1) is 6.07 Å². The number of hydrogen-bond donors (Lipinski definition) is 1. The highest BCUT2D eigenvalue weighted by atomic mass is 79.9. The lowest BCUT2D eigenvalue weighted by atomic mass is 10.1. The van der Waals surface area contributed by atoms with Gasteiger partial charge in [0.2, 0.25) is 5.91 Å². The van der Waals surface area contributed by atoms with Gasteiger partial charge in [0.15, 0.2) is 0 Å². The van der Waals surface area contributed by atoms with E-state index in [9.17, 15) is 4.79 Å². The summed E-state index contributed by atoms with van der Waals surface area (Å²) in [6, 6.07) is 7.85. The van der Waals surface area contributed by atoms with Crippen LogP contribution in [0.3, 0.4) is 0 Å². The molecule has 0 atom stereocenters. The molecule has 0 spiro atoms. The predicted octanol–water partition coefficient (Wildman–Crippen LogP) is 3.25. The van der Waals surface area contributed by atoms with Crippen LogP contribution in [0.5, 0.6) is 0 Å². The van der Waals surface area contributed by atoms with Crippen molar-refractivity contribution in [2.75, 3.05) is 5.32 Å². The number of rotatable bonds is 3. The summed E-state index contributed by atoms with van der Waals surface area (Å²) in [5.74, 6) is -0.169. The molecule has 0 aliphatic heterocycles. The average molecular weight is 293 g/mol. The Morgan fingerprint density at radius 2 is 2.29 bits per heavy atom. The summed E-state index contributed by atoms with van der Waals surface area (Å²) in [7, 11) is 0. The zero-order valence-electron chi connectivity index (χ0n) is 9.59. The molecule has 2 rings (SSSR count). The number of aryl methyl sites for hydroxylation is 1. The average Bonchev–Trinajstić information content (AvgIpc) is 3.12. The van der Waals surface area contributed by atoms with Gasteiger partial charge in [0.25, 0.3) is 0 Å². The lowest BCUT2D eigenvalue weighted by molar-refractivity contribution is -0.119. The molecule has 0 heterocycles. The van der Waals surface area contributed by atoms with Crippen molar-refractivity contribution in [1.29, 1.82) is 5.26 Å². The van der Waals surface area contributed by atoms with Gasteiger partial charge < -0.3 is 5.32 Å². The molecule has 4 heteroatoms. The molecular weight excluding hydrogens is 280 g/mol. The van der Waals surface area contributed by atoms with Gasteiger partial charge in [0.1, 0.15) is 5.41 Å². The molecule has 17 heavy (non-hydrogen) atoms. The Balaban J connectivity index is 2.19. The molecule has 0 saturated heterocycles. The minimum Gasteiger partial charge on any atom is -0.324 e. The fourth-order valence-electron chi connectivity index (χ4n) is 1.73. The van der Waals surface area contributed by atoms with Crippen molar-refractivity contribution in [1.82, 2.24) is 0 Å². The Kier molecular flexibility index (Phi) is 3.21. The molecule has 0 radical (unpaired) electrons. The van der Waals surface area contributed by atoms with Crippen molar-refractivity contribution in [2.45, 2.75) is 26.2 Å². The summed E-state index contributed by atoms with van der Waals surface area (Å²) in [4.78, 5) is 11.9. The van der Waals surface area contributed by atoms with Crippen LogP contribution in [-0.4, -0.2) is 5.91 Å². The van der Waals surface area contributed by atoms with Crippen LogP contribution in [0.2, 0.25) is 0 Å². The molecule has 0 aromatic heterocycles. The van der Waals surface area contributed by atoms with Crippen LogP contribution >= 0.6 is 15.9 Å². The van der Waals surface area contributed by atoms with Crippen LogP contribution in [0.1, 0.15) is 25.3 Å². The number of halogens is 1. The minimum absolute atomic E-state index is 0.169. The Morgan fingerprint density at radius 3 is 2.82 bits per heavy atom. The Labute approximate surface area is 109 Å². The van der Waals surface area contributed by atoms with E-state index < -0.39 is 5.41 Å². The van der Waals surface area contributed by atoms with Crippen molar-refractivity contribution in [3.05, 3.63) is 28.2 Å². The maximum absolute atomic E-state index is 11.9. The van der Waals surface area contributed by atoms with Crippen LogP contribution in [0.15, 0.2) is 22.7 Å². The highest BCUT2D eigenvalue weighted by Crippen LogP contribution is 2.45. The molecule has 88 valence electrons. The van der Waals surface area contributed by atoms with Crippen LogP contribution < -0.4 is 5.32 Å². The quantitative estimate of drug-likeness (QED) is 0.930. The third-order valence-electron chi connectivity index (χ3n) is 3.10. The summed E-state index contributed by atoms with van der Waals surface area (Å²) < 4.78 is 0.994. The van der Waals surface area contributed by atoms with Crippen molar-refractivity contribution >= 4 is 27.5 Å². The largest absolute Gasteiger partial charge is 0.324 e. The Morgan fingerprint density at radius 1 is 1.59 bits per heavy atom. The monoisotopic (exact) mass is 292 g/mol. The van der Waals surface area contributed by atoms with Gasteiger partial charge in [0, 0.05) is 10.2 Å². The molecule has 1 aromatic carbocycles. The zero-order chi connectivity index (χ0) is 12.5. The highest BCUT2D eigenvalue weighted by molar-refractivity contribution is 9.10. The van der Waals surface area contributed by atoms with Crippen LogP contribution in [0.4, 0.5) is 5.69 Å². The highest BCUT2D eigenvalue weighted by Gasteiger charge is 2.50. The fraction of sp³-hybridized carbons (Fsp3) is 0.385. The molecular formula is C13H13BrN2O. The maximum Gasteiger partial charge on any atom is 0.244 e. The van der Waals surface area contributed by atoms with E-state index in [1.165, 1.54) is 0 Å². The second kappa shape index (κ2) is 4.50. The molecule has 1 saturated carbocycles. The Bertz CT molecular complexity index is 501. The summed E-state index contributed by atoms with van der Waals surface area (Å²) >= 11 is 3.40. The van der Waals surface area contributed by atoms with Crippen molar-refractivity contribution in [3.63, 3.8) is 0 Å². The lowest BCUT2D eigenvalue weighted by Gasteiger charge is -2.12. The molecule has 1 aliphatic carbocycles. The number of nitrogens with zero attached hydrogens (tertiary/aromatic N) is 1.